The van der Waals surface area contributed by atoms with E-state index in [0.29, 0.717) is 0 Å². The number of benzene rings is 1. The van der Waals surface area contributed by atoms with Crippen LogP contribution in [0.2, 0.25) is 5.02 Å². The van der Waals surface area contributed by atoms with Gasteiger partial charge in [-0.15, -0.1) is 0 Å². The molecule has 0 unspecified atom stereocenters. The first-order valence-electron chi connectivity index (χ1n) is 6.02. The number of rotatable bonds is 2. The highest BCUT2D eigenvalue weighted by molar-refractivity contribution is 6.31. The Morgan fingerprint density at radius 3 is 2.71 bits per heavy atom. The van der Waals surface area contributed by atoms with E-state index in [9.17, 15) is 5.26 Å². The van der Waals surface area contributed by atoms with Gasteiger partial charge in [0.15, 0.2) is 0 Å². The van der Waals surface area contributed by atoms with Gasteiger partial charge in [0, 0.05) is 5.02 Å². The van der Waals surface area contributed by atoms with E-state index >= 15 is 0 Å². The van der Waals surface area contributed by atoms with Crippen LogP contribution in [0, 0.1) is 23.7 Å². The van der Waals surface area contributed by atoms with Crippen molar-refractivity contribution in [3.05, 3.63) is 34.3 Å². The quantitative estimate of drug-likeness (QED) is 0.873. The Morgan fingerprint density at radius 2 is 2.12 bits per heavy atom. The molecule has 1 fully saturated rings. The smallest absolute Gasteiger partial charge is 0.0694 e. The second-order valence-corrected chi connectivity index (χ2v) is 5.32. The molecule has 0 aliphatic carbocycles. The van der Waals surface area contributed by atoms with E-state index in [1.54, 1.807) is 0 Å². The molecule has 1 aliphatic rings. The van der Waals surface area contributed by atoms with Crippen molar-refractivity contribution in [3.63, 3.8) is 0 Å². The normalized spacial score (nSPS) is 18.6. The topological polar surface area (TPSA) is 35.8 Å². The summed E-state index contributed by atoms with van der Waals surface area (Å²) in [5, 5.41) is 13.5. The molecule has 90 valence electrons. The summed E-state index contributed by atoms with van der Waals surface area (Å²) in [6.07, 6.45) is 2.59. The van der Waals surface area contributed by atoms with Gasteiger partial charge in [-0.25, -0.2) is 0 Å². The molecule has 2 nitrogen and oxygen atoms in total. The first-order valence-corrected chi connectivity index (χ1v) is 6.40. The molecule has 1 aromatic rings. The molecule has 1 aliphatic heterocycles. The second kappa shape index (κ2) is 5.08. The highest BCUT2D eigenvalue weighted by Crippen LogP contribution is 2.34. The third-order valence-corrected chi connectivity index (χ3v) is 3.89. The van der Waals surface area contributed by atoms with Crippen molar-refractivity contribution >= 4 is 11.6 Å². The van der Waals surface area contributed by atoms with Gasteiger partial charge in [0.25, 0.3) is 0 Å². The zero-order valence-corrected chi connectivity index (χ0v) is 10.8. The Balaban J connectivity index is 2.21. The van der Waals surface area contributed by atoms with Crippen molar-refractivity contribution in [1.82, 2.24) is 5.32 Å². The van der Waals surface area contributed by atoms with Crippen molar-refractivity contribution in [2.75, 3.05) is 13.1 Å². The summed E-state index contributed by atoms with van der Waals surface area (Å²) in [6.45, 7) is 3.88. The van der Waals surface area contributed by atoms with Crippen LogP contribution in [0.15, 0.2) is 18.2 Å². The Hall–Kier alpha value is -1.04. The maximum absolute atomic E-state index is 9.43. The number of nitrogens with one attached hydrogen (secondary N) is 1. The molecule has 3 heteroatoms. The fourth-order valence-corrected chi connectivity index (χ4v) is 2.70. The van der Waals surface area contributed by atoms with Crippen molar-refractivity contribution < 1.29 is 0 Å². The van der Waals surface area contributed by atoms with E-state index in [1.807, 2.05) is 13.0 Å². The van der Waals surface area contributed by atoms with Crippen LogP contribution in [0.4, 0.5) is 0 Å². The van der Waals surface area contributed by atoms with Gasteiger partial charge < -0.3 is 5.32 Å². The number of hydrogen-bond acceptors (Lipinski definition) is 2. The van der Waals surface area contributed by atoms with Gasteiger partial charge in [-0.05, 0) is 56.5 Å². The second-order valence-electron chi connectivity index (χ2n) is 4.91. The van der Waals surface area contributed by atoms with Gasteiger partial charge in [0.1, 0.15) is 0 Å². The lowest BCUT2D eigenvalue weighted by Crippen LogP contribution is -2.37. The monoisotopic (exact) mass is 248 g/mol. The maximum atomic E-state index is 9.43. The standard InChI is InChI=1S/C14H17ClN2/c1-11-2-3-12(13(15)8-11)9-14(10-16)4-6-17-7-5-14/h2-3,8,17H,4-7,9H2,1H3. The van der Waals surface area contributed by atoms with Crippen LogP contribution in [0.25, 0.3) is 0 Å². The molecule has 1 heterocycles. The van der Waals surface area contributed by atoms with Gasteiger partial charge in [0.2, 0.25) is 0 Å². The predicted octanol–water partition coefficient (Wildman–Crippen LogP) is 3.08. The zero-order chi connectivity index (χ0) is 12.3. The Labute approximate surface area is 108 Å². The minimum atomic E-state index is -0.232. The molecular weight excluding hydrogens is 232 g/mol. The maximum Gasteiger partial charge on any atom is 0.0694 e. The lowest BCUT2D eigenvalue weighted by atomic mass is 9.75. The lowest BCUT2D eigenvalue weighted by molar-refractivity contribution is 0.280. The minimum absolute atomic E-state index is 0.232. The Kier molecular flexibility index (Phi) is 3.71. The van der Waals surface area contributed by atoms with Crippen LogP contribution in [-0.4, -0.2) is 13.1 Å². The molecule has 17 heavy (non-hydrogen) atoms. The van der Waals surface area contributed by atoms with Crippen LogP contribution < -0.4 is 5.32 Å². The molecule has 2 rings (SSSR count). The number of halogens is 1. The van der Waals surface area contributed by atoms with Crippen LogP contribution in [0.5, 0.6) is 0 Å². The van der Waals surface area contributed by atoms with E-state index in [1.165, 1.54) is 0 Å². The molecule has 0 radical (unpaired) electrons. The van der Waals surface area contributed by atoms with Crippen molar-refractivity contribution in [2.45, 2.75) is 26.2 Å². The molecule has 0 amide bonds. The highest BCUT2D eigenvalue weighted by atomic mass is 35.5. The molecule has 0 spiro atoms. The molecule has 1 N–H and O–H groups in total. The third-order valence-electron chi connectivity index (χ3n) is 3.54. The molecular formula is C14H17ClN2. The largest absolute Gasteiger partial charge is 0.317 e. The van der Waals surface area contributed by atoms with Crippen LogP contribution >= 0.6 is 11.6 Å². The van der Waals surface area contributed by atoms with Crippen molar-refractivity contribution in [1.29, 1.82) is 5.26 Å². The average Bonchev–Trinajstić information content (AvgIpc) is 2.34. The van der Waals surface area contributed by atoms with Crippen LogP contribution in [0.1, 0.15) is 24.0 Å². The number of piperidine rings is 1. The summed E-state index contributed by atoms with van der Waals surface area (Å²) in [6, 6.07) is 8.60. The van der Waals surface area contributed by atoms with Crippen LogP contribution in [-0.2, 0) is 6.42 Å². The van der Waals surface area contributed by atoms with Crippen molar-refractivity contribution in [2.24, 2.45) is 5.41 Å². The Bertz CT molecular complexity index is 442. The first-order chi connectivity index (χ1) is 8.15. The number of nitrogens with zero attached hydrogens (tertiary/aromatic N) is 1. The SMILES string of the molecule is Cc1ccc(CC2(C#N)CCNCC2)c(Cl)c1. The number of hydrogen-bond donors (Lipinski definition) is 1. The molecule has 1 aromatic carbocycles. The van der Waals surface area contributed by atoms with Gasteiger partial charge in [-0.1, -0.05) is 23.7 Å². The van der Waals surface area contributed by atoms with Crippen LogP contribution in [0.3, 0.4) is 0 Å². The first kappa shape index (κ1) is 12.4. The molecule has 0 bridgehead atoms. The molecule has 0 saturated carbocycles. The highest BCUT2D eigenvalue weighted by Gasteiger charge is 2.32. The summed E-state index contributed by atoms with van der Waals surface area (Å²) < 4.78 is 0. The van der Waals surface area contributed by atoms with Crippen molar-refractivity contribution in [3.8, 4) is 6.07 Å². The Morgan fingerprint density at radius 1 is 1.41 bits per heavy atom. The predicted molar refractivity (Wildman–Crippen MR) is 70.0 cm³/mol. The van der Waals surface area contributed by atoms with Gasteiger partial charge >= 0.3 is 0 Å². The van der Waals surface area contributed by atoms with E-state index in [2.05, 4.69) is 23.5 Å². The zero-order valence-electron chi connectivity index (χ0n) is 10.1. The van der Waals surface area contributed by atoms with E-state index in [-0.39, 0.29) is 5.41 Å². The number of aryl methyl sites for hydroxylation is 1. The van der Waals surface area contributed by atoms with E-state index in [4.69, 9.17) is 11.6 Å². The average molecular weight is 249 g/mol. The minimum Gasteiger partial charge on any atom is -0.317 e. The fourth-order valence-electron chi connectivity index (χ4n) is 2.39. The summed E-state index contributed by atoms with van der Waals surface area (Å²) in [7, 11) is 0. The molecule has 1 saturated heterocycles. The molecule has 0 atom stereocenters. The molecule has 0 aromatic heterocycles. The summed E-state index contributed by atoms with van der Waals surface area (Å²) in [4.78, 5) is 0. The number of nitriles is 1. The van der Waals surface area contributed by atoms with Gasteiger partial charge in [0.05, 0.1) is 11.5 Å². The fraction of sp³-hybridized carbons (Fsp3) is 0.500. The van der Waals surface area contributed by atoms with Gasteiger partial charge in [-0.3, -0.25) is 0 Å². The van der Waals surface area contributed by atoms with Gasteiger partial charge in [-0.2, -0.15) is 5.26 Å². The van der Waals surface area contributed by atoms with E-state index < -0.39 is 0 Å². The summed E-state index contributed by atoms with van der Waals surface area (Å²) >= 11 is 6.24. The van der Waals surface area contributed by atoms with E-state index in [0.717, 1.165) is 48.5 Å². The summed E-state index contributed by atoms with van der Waals surface area (Å²) in [5.74, 6) is 0. The third kappa shape index (κ3) is 2.80. The summed E-state index contributed by atoms with van der Waals surface area (Å²) in [5.41, 5.74) is 2.03. The lowest BCUT2D eigenvalue weighted by Gasteiger charge is -2.31.